The molecule has 2 saturated carbocycles. The number of carbonyl (C=O) groups is 2. The second kappa shape index (κ2) is 7.82. The van der Waals surface area contributed by atoms with Crippen LogP contribution in [0.15, 0.2) is 47.1 Å². The van der Waals surface area contributed by atoms with Gasteiger partial charge >= 0.3 is 0 Å². The Bertz CT molecular complexity index is 1120. The highest BCUT2D eigenvalue weighted by molar-refractivity contribution is 9.12. The molecule has 0 heterocycles. The fourth-order valence-electron chi connectivity index (χ4n) is 7.20. The van der Waals surface area contributed by atoms with Gasteiger partial charge in [0.25, 0.3) is 0 Å². The molecule has 0 aliphatic heterocycles. The van der Waals surface area contributed by atoms with E-state index in [1.54, 1.807) is 6.92 Å². The lowest BCUT2D eigenvalue weighted by molar-refractivity contribution is -0.114. The van der Waals surface area contributed by atoms with Crippen LogP contribution in [0, 0.1) is 28.0 Å². The number of rotatable bonds is 2. The Hall–Kier alpha value is -1.96. The SMILES string of the molecule is CC(=O)c1ccc([C@H]2C[C@@]3(C)[C@@H](CC[C@@]3(O)C#CBr)[C@@H]3CCC4=CC(=O)CCC4=C32)cc1. The molecule has 166 valence electrons. The van der Waals surface area contributed by atoms with Crippen molar-refractivity contribution in [3.05, 3.63) is 58.2 Å². The number of fused-ring (bicyclic) bond motifs is 4. The van der Waals surface area contributed by atoms with Crippen molar-refractivity contribution in [1.82, 2.24) is 0 Å². The van der Waals surface area contributed by atoms with Gasteiger partial charge in [-0.1, -0.05) is 42.7 Å². The monoisotopic (exact) mass is 492 g/mol. The molecule has 32 heavy (non-hydrogen) atoms. The van der Waals surface area contributed by atoms with E-state index in [1.807, 2.05) is 18.2 Å². The molecular formula is C28H29BrO3. The maximum atomic E-state index is 12.1. The van der Waals surface area contributed by atoms with Crippen molar-refractivity contribution in [1.29, 1.82) is 0 Å². The lowest BCUT2D eigenvalue weighted by atomic mass is 9.51. The third-order valence-corrected chi connectivity index (χ3v) is 9.06. The van der Waals surface area contributed by atoms with Gasteiger partial charge in [-0.05, 0) is 84.9 Å². The summed E-state index contributed by atoms with van der Waals surface area (Å²) in [6.07, 6.45) is 7.77. The van der Waals surface area contributed by atoms with Gasteiger partial charge in [-0.3, -0.25) is 9.59 Å². The van der Waals surface area contributed by atoms with Gasteiger partial charge in [-0.15, -0.1) is 0 Å². The van der Waals surface area contributed by atoms with Crippen LogP contribution in [0.1, 0.15) is 80.6 Å². The lowest BCUT2D eigenvalue weighted by Gasteiger charge is -2.53. The van der Waals surface area contributed by atoms with Crippen molar-refractivity contribution in [2.24, 2.45) is 17.3 Å². The highest BCUT2D eigenvalue weighted by atomic mass is 79.9. The number of hydrogen-bond donors (Lipinski definition) is 1. The van der Waals surface area contributed by atoms with Crippen molar-refractivity contribution in [2.75, 3.05) is 0 Å². The first-order chi connectivity index (χ1) is 15.3. The van der Waals surface area contributed by atoms with Gasteiger partial charge in [0, 0.05) is 39.2 Å². The number of hydrogen-bond acceptors (Lipinski definition) is 3. The van der Waals surface area contributed by atoms with Crippen molar-refractivity contribution in [3.8, 4) is 10.8 Å². The average Bonchev–Trinajstić information content (AvgIpc) is 3.03. The average molecular weight is 493 g/mol. The zero-order valence-corrected chi connectivity index (χ0v) is 20.3. The van der Waals surface area contributed by atoms with Gasteiger partial charge < -0.3 is 5.11 Å². The van der Waals surface area contributed by atoms with Crippen LogP contribution in [0.25, 0.3) is 0 Å². The first kappa shape index (κ1) is 21.9. The summed E-state index contributed by atoms with van der Waals surface area (Å²) >= 11 is 3.24. The standard InChI is InChI=1S/C28H29BrO3/c1-17(30)18-3-5-19(6-4-18)24-16-27(2)25(11-12-28(27,32)13-14-29)23-9-7-20-15-21(31)8-10-22(20)26(23)24/h3-6,15,23-25,32H,7-12,16H2,1-2H3/t23-,24+,25-,27-,28+/m0/s1. The predicted octanol–water partition coefficient (Wildman–Crippen LogP) is 5.88. The Balaban J connectivity index is 1.68. The lowest BCUT2D eigenvalue weighted by Crippen LogP contribution is -2.51. The molecule has 4 aliphatic carbocycles. The van der Waals surface area contributed by atoms with Crippen LogP contribution < -0.4 is 0 Å². The van der Waals surface area contributed by atoms with Gasteiger partial charge in [-0.25, -0.2) is 0 Å². The fraction of sp³-hybridized carbons (Fsp3) is 0.500. The number of Topliss-reactive ketones (excluding diaryl/α,β-unsaturated/α-hetero) is 1. The van der Waals surface area contributed by atoms with Gasteiger partial charge in [0.05, 0.1) is 0 Å². The van der Waals surface area contributed by atoms with Crippen molar-refractivity contribution < 1.29 is 14.7 Å². The molecule has 0 unspecified atom stereocenters. The minimum Gasteiger partial charge on any atom is -0.377 e. The predicted molar refractivity (Wildman–Crippen MR) is 128 cm³/mol. The summed E-state index contributed by atoms with van der Waals surface area (Å²) in [5, 5.41) is 11.7. The molecule has 0 radical (unpaired) electrons. The molecule has 0 amide bonds. The summed E-state index contributed by atoms with van der Waals surface area (Å²) in [6.45, 7) is 3.83. The number of aliphatic hydroxyl groups is 1. The molecule has 0 spiro atoms. The van der Waals surface area contributed by atoms with E-state index in [0.29, 0.717) is 24.7 Å². The molecule has 0 bridgehead atoms. The first-order valence-electron chi connectivity index (χ1n) is 11.7. The molecule has 2 fully saturated rings. The summed E-state index contributed by atoms with van der Waals surface area (Å²) in [5.74, 6) is 4.38. The highest BCUT2D eigenvalue weighted by Gasteiger charge is 2.62. The molecule has 0 saturated heterocycles. The zero-order chi connectivity index (χ0) is 22.7. The molecule has 3 nitrogen and oxygen atoms in total. The van der Waals surface area contributed by atoms with Gasteiger partial charge in [0.2, 0.25) is 0 Å². The topological polar surface area (TPSA) is 54.4 Å². The molecule has 0 aromatic heterocycles. The fourth-order valence-corrected chi connectivity index (χ4v) is 7.53. The van der Waals surface area contributed by atoms with Crippen molar-refractivity contribution in [3.63, 3.8) is 0 Å². The normalized spacial score (nSPS) is 35.8. The van der Waals surface area contributed by atoms with Crippen LogP contribution >= 0.6 is 15.9 Å². The number of benzene rings is 1. The van der Waals surface area contributed by atoms with E-state index in [9.17, 15) is 14.7 Å². The highest BCUT2D eigenvalue weighted by Crippen LogP contribution is 2.66. The van der Waals surface area contributed by atoms with Crippen LogP contribution in [0.2, 0.25) is 0 Å². The Kier molecular flexibility index (Phi) is 5.34. The van der Waals surface area contributed by atoms with Crippen LogP contribution in [0.5, 0.6) is 0 Å². The summed E-state index contributed by atoms with van der Waals surface area (Å²) in [4.78, 5) is 26.8. The van der Waals surface area contributed by atoms with Crippen LogP contribution in [-0.2, 0) is 4.79 Å². The first-order valence-corrected chi connectivity index (χ1v) is 12.5. The second-order valence-corrected chi connectivity index (χ2v) is 10.7. The van der Waals surface area contributed by atoms with E-state index in [1.165, 1.54) is 22.3 Å². The smallest absolute Gasteiger partial charge is 0.159 e. The number of halogens is 1. The van der Waals surface area contributed by atoms with Gasteiger partial charge in [0.15, 0.2) is 11.6 Å². The third-order valence-electron chi connectivity index (χ3n) is 8.86. The number of carbonyl (C=O) groups excluding carboxylic acids is 2. The Morgan fingerprint density at radius 1 is 1.16 bits per heavy atom. The molecule has 4 heteroatoms. The minimum absolute atomic E-state index is 0.0681. The van der Waals surface area contributed by atoms with E-state index in [2.05, 4.69) is 45.7 Å². The molecule has 1 aromatic carbocycles. The van der Waals surface area contributed by atoms with Gasteiger partial charge in [-0.2, -0.15) is 0 Å². The summed E-state index contributed by atoms with van der Waals surface area (Å²) < 4.78 is 0. The number of ketones is 2. The molecule has 5 atom stereocenters. The summed E-state index contributed by atoms with van der Waals surface area (Å²) in [6, 6.07) is 8.03. The van der Waals surface area contributed by atoms with Crippen molar-refractivity contribution >= 4 is 27.5 Å². The molecule has 1 aromatic rings. The van der Waals surface area contributed by atoms with Crippen LogP contribution in [0.4, 0.5) is 0 Å². The zero-order valence-electron chi connectivity index (χ0n) is 18.7. The maximum Gasteiger partial charge on any atom is 0.159 e. The van der Waals surface area contributed by atoms with E-state index in [4.69, 9.17) is 0 Å². The van der Waals surface area contributed by atoms with E-state index in [-0.39, 0.29) is 22.9 Å². The van der Waals surface area contributed by atoms with E-state index >= 15 is 0 Å². The van der Waals surface area contributed by atoms with Crippen LogP contribution in [0.3, 0.4) is 0 Å². The molecule has 4 aliphatic rings. The Morgan fingerprint density at radius 3 is 2.59 bits per heavy atom. The molecule has 1 N–H and O–H groups in total. The maximum absolute atomic E-state index is 12.1. The number of allylic oxidation sites excluding steroid dienone is 4. The Labute approximate surface area is 198 Å². The van der Waals surface area contributed by atoms with Gasteiger partial charge in [0.1, 0.15) is 5.60 Å². The van der Waals surface area contributed by atoms with E-state index < -0.39 is 5.60 Å². The molecule has 5 rings (SSSR count). The minimum atomic E-state index is -1.01. The van der Waals surface area contributed by atoms with Crippen LogP contribution in [-0.4, -0.2) is 22.3 Å². The van der Waals surface area contributed by atoms with Crippen molar-refractivity contribution in [2.45, 2.75) is 70.3 Å². The largest absolute Gasteiger partial charge is 0.377 e. The Morgan fingerprint density at radius 2 is 1.91 bits per heavy atom. The quantitative estimate of drug-likeness (QED) is 0.414. The summed E-state index contributed by atoms with van der Waals surface area (Å²) in [5.41, 5.74) is 4.72. The molecular weight excluding hydrogens is 464 g/mol. The second-order valence-electron chi connectivity index (χ2n) is 10.3. The third kappa shape index (κ3) is 3.20. The van der Waals surface area contributed by atoms with E-state index in [0.717, 1.165) is 37.7 Å². The summed E-state index contributed by atoms with van der Waals surface area (Å²) in [7, 11) is 0.